The molecule has 0 radical (unpaired) electrons. The number of nitrogens with one attached hydrogen (secondary N) is 2. The molecule has 1 aliphatic heterocycles. The van der Waals surface area contributed by atoms with Crippen LogP contribution in [0, 0.1) is 0 Å². The number of hydrogen-bond donors (Lipinski definition) is 2. The molecule has 0 spiro atoms. The van der Waals surface area contributed by atoms with E-state index in [1.54, 1.807) is 12.2 Å². The lowest BCUT2D eigenvalue weighted by Gasteiger charge is -2.21. The summed E-state index contributed by atoms with van der Waals surface area (Å²) in [7, 11) is 0. The Morgan fingerprint density at radius 2 is 1.38 bits per heavy atom. The molecule has 0 aromatic rings. The van der Waals surface area contributed by atoms with Crippen LogP contribution in [0.5, 0.6) is 0 Å². The predicted molar refractivity (Wildman–Crippen MR) is 119 cm³/mol. The van der Waals surface area contributed by atoms with Crippen molar-refractivity contribution in [3.63, 3.8) is 0 Å². The lowest BCUT2D eigenvalue weighted by molar-refractivity contribution is -0.117. The van der Waals surface area contributed by atoms with Crippen LogP contribution >= 0.6 is 0 Å². The van der Waals surface area contributed by atoms with Crippen molar-refractivity contribution in [2.75, 3.05) is 39.3 Å². The molecule has 1 unspecified atom stereocenters. The number of allylic oxidation sites excluding steroid dienone is 2. The third-order valence-electron chi connectivity index (χ3n) is 4.75. The van der Waals surface area contributed by atoms with Crippen LogP contribution in [0.25, 0.3) is 0 Å². The van der Waals surface area contributed by atoms with Crippen molar-refractivity contribution in [3.8, 4) is 0 Å². The minimum atomic E-state index is -0.00659. The van der Waals surface area contributed by atoms with E-state index < -0.39 is 0 Å². The highest BCUT2D eigenvalue weighted by molar-refractivity contribution is 5.87. The Labute approximate surface area is 177 Å². The number of amides is 2. The van der Waals surface area contributed by atoms with Gasteiger partial charge in [-0.1, -0.05) is 51.7 Å². The van der Waals surface area contributed by atoms with Gasteiger partial charge < -0.3 is 20.3 Å². The van der Waals surface area contributed by atoms with E-state index in [9.17, 15) is 9.59 Å². The molecular formula is C23H41N3O3. The van der Waals surface area contributed by atoms with E-state index in [0.29, 0.717) is 19.2 Å². The van der Waals surface area contributed by atoms with Gasteiger partial charge in [-0.25, -0.2) is 0 Å². The van der Waals surface area contributed by atoms with Gasteiger partial charge in [0.15, 0.2) is 0 Å². The van der Waals surface area contributed by atoms with Crippen LogP contribution in [0.3, 0.4) is 0 Å². The van der Waals surface area contributed by atoms with E-state index >= 15 is 0 Å². The Morgan fingerprint density at radius 1 is 0.897 bits per heavy atom. The molecule has 29 heavy (non-hydrogen) atoms. The molecule has 1 fully saturated rings. The van der Waals surface area contributed by atoms with E-state index in [-0.39, 0.29) is 11.8 Å². The number of epoxide rings is 1. The summed E-state index contributed by atoms with van der Waals surface area (Å²) in [6.07, 6.45) is 15.8. The molecule has 1 rings (SSSR count). The Balaban J connectivity index is 2.14. The average molecular weight is 408 g/mol. The van der Waals surface area contributed by atoms with Crippen molar-refractivity contribution in [2.24, 2.45) is 0 Å². The second-order valence-corrected chi connectivity index (χ2v) is 7.63. The van der Waals surface area contributed by atoms with Gasteiger partial charge in [0.2, 0.25) is 11.8 Å². The molecule has 0 aliphatic carbocycles. The Bertz CT molecular complexity index is 464. The zero-order valence-corrected chi connectivity index (χ0v) is 18.5. The van der Waals surface area contributed by atoms with Crippen molar-refractivity contribution in [1.82, 2.24) is 15.5 Å². The van der Waals surface area contributed by atoms with Crippen LogP contribution < -0.4 is 10.6 Å². The number of nitrogens with zero attached hydrogens (tertiary/aromatic N) is 1. The minimum Gasteiger partial charge on any atom is -0.372 e. The molecular weight excluding hydrogens is 366 g/mol. The topological polar surface area (TPSA) is 74.0 Å². The van der Waals surface area contributed by atoms with Gasteiger partial charge in [0.05, 0.1) is 12.7 Å². The molecule has 0 aromatic carbocycles. The molecule has 6 heteroatoms. The summed E-state index contributed by atoms with van der Waals surface area (Å²) < 4.78 is 5.36. The monoisotopic (exact) mass is 407 g/mol. The summed E-state index contributed by atoms with van der Waals surface area (Å²) in [4.78, 5) is 25.9. The van der Waals surface area contributed by atoms with Crippen LogP contribution in [0.15, 0.2) is 24.3 Å². The van der Waals surface area contributed by atoms with Gasteiger partial charge in [0.25, 0.3) is 0 Å². The molecule has 0 saturated carbocycles. The summed E-state index contributed by atoms with van der Waals surface area (Å²) in [5.41, 5.74) is 0. The summed E-state index contributed by atoms with van der Waals surface area (Å²) >= 11 is 0. The molecule has 1 aliphatic rings. The van der Waals surface area contributed by atoms with E-state index in [4.69, 9.17) is 4.74 Å². The Morgan fingerprint density at radius 3 is 1.79 bits per heavy atom. The maximum Gasteiger partial charge on any atom is 0.243 e. The smallest absolute Gasteiger partial charge is 0.243 e. The number of hydrogen-bond acceptors (Lipinski definition) is 4. The minimum absolute atomic E-state index is 0.00659. The highest BCUT2D eigenvalue weighted by Crippen LogP contribution is 2.11. The fraction of sp³-hybridized carbons (Fsp3) is 0.739. The van der Waals surface area contributed by atoms with Crippen molar-refractivity contribution in [3.05, 3.63) is 24.3 Å². The van der Waals surface area contributed by atoms with E-state index in [2.05, 4.69) is 29.4 Å². The van der Waals surface area contributed by atoms with Gasteiger partial charge in [-0.2, -0.15) is 0 Å². The van der Waals surface area contributed by atoms with Crippen LogP contribution in [0.4, 0.5) is 0 Å². The van der Waals surface area contributed by atoms with Crippen LogP contribution in [-0.2, 0) is 14.3 Å². The van der Waals surface area contributed by atoms with Gasteiger partial charge in [0.1, 0.15) is 0 Å². The second kappa shape index (κ2) is 17.2. The summed E-state index contributed by atoms with van der Waals surface area (Å²) in [6, 6.07) is 0. The molecule has 2 N–H and O–H groups in total. The van der Waals surface area contributed by atoms with Crippen LogP contribution in [-0.4, -0.2) is 62.1 Å². The molecule has 166 valence electrons. The molecule has 2 amide bonds. The molecule has 0 bridgehead atoms. The lowest BCUT2D eigenvalue weighted by Crippen LogP contribution is -2.34. The first-order valence-electron chi connectivity index (χ1n) is 11.4. The predicted octanol–water partition coefficient (Wildman–Crippen LogP) is 3.19. The normalized spacial score (nSPS) is 16.0. The number of rotatable bonds is 18. The molecule has 6 nitrogen and oxygen atoms in total. The average Bonchev–Trinajstić information content (AvgIpc) is 3.53. The van der Waals surface area contributed by atoms with Gasteiger partial charge in [-0.15, -0.1) is 0 Å². The summed E-state index contributed by atoms with van der Waals surface area (Å²) in [6.45, 7) is 9.26. The SMILES string of the molecule is CCCC/C=C/C(=O)NCCCN(CCCNC(=O)/C=C/CCCC)CC1CO1. The molecule has 0 aromatic heterocycles. The highest BCUT2D eigenvalue weighted by atomic mass is 16.6. The highest BCUT2D eigenvalue weighted by Gasteiger charge is 2.24. The maximum atomic E-state index is 11.7. The second-order valence-electron chi connectivity index (χ2n) is 7.63. The maximum absolute atomic E-state index is 11.7. The van der Waals surface area contributed by atoms with Gasteiger partial charge in [-0.05, 0) is 50.9 Å². The zero-order valence-electron chi connectivity index (χ0n) is 18.5. The number of carbonyl (C=O) groups excluding carboxylic acids is 2. The third kappa shape index (κ3) is 15.9. The fourth-order valence-electron chi connectivity index (χ4n) is 2.93. The van der Waals surface area contributed by atoms with Crippen molar-refractivity contribution in [1.29, 1.82) is 0 Å². The molecule has 1 heterocycles. The molecule has 1 atom stereocenters. The number of carbonyl (C=O) groups is 2. The van der Waals surface area contributed by atoms with Gasteiger partial charge in [-0.3, -0.25) is 9.59 Å². The Kier molecular flexibility index (Phi) is 15.1. The van der Waals surface area contributed by atoms with Crippen LogP contribution in [0.2, 0.25) is 0 Å². The van der Waals surface area contributed by atoms with E-state index in [1.807, 2.05) is 12.2 Å². The summed E-state index contributed by atoms with van der Waals surface area (Å²) in [5, 5.41) is 5.89. The lowest BCUT2D eigenvalue weighted by atomic mass is 10.2. The number of ether oxygens (including phenoxy) is 1. The van der Waals surface area contributed by atoms with Crippen molar-refractivity contribution < 1.29 is 14.3 Å². The fourth-order valence-corrected chi connectivity index (χ4v) is 2.93. The number of unbranched alkanes of at least 4 members (excludes halogenated alkanes) is 4. The van der Waals surface area contributed by atoms with Crippen molar-refractivity contribution in [2.45, 2.75) is 71.3 Å². The first-order chi connectivity index (χ1) is 14.2. The third-order valence-corrected chi connectivity index (χ3v) is 4.75. The van der Waals surface area contributed by atoms with Gasteiger partial charge >= 0.3 is 0 Å². The quantitative estimate of drug-likeness (QED) is 0.208. The van der Waals surface area contributed by atoms with E-state index in [0.717, 1.165) is 77.6 Å². The standard InChI is InChI=1S/C23H41N3O3/c1-3-5-7-9-13-22(27)24-15-11-17-26(19-21-20-29-21)18-12-16-25-23(28)14-10-8-6-4-2/h9-10,13-14,21H,3-8,11-12,15-20H2,1-2H3,(H,24,27)(H,25,28)/b13-9+,14-10+. The first kappa shape index (κ1) is 25.4. The van der Waals surface area contributed by atoms with Crippen molar-refractivity contribution >= 4 is 11.8 Å². The largest absolute Gasteiger partial charge is 0.372 e. The van der Waals surface area contributed by atoms with E-state index in [1.165, 1.54) is 0 Å². The molecule has 1 saturated heterocycles. The summed E-state index contributed by atoms with van der Waals surface area (Å²) in [5.74, 6) is -0.0132. The van der Waals surface area contributed by atoms with Gasteiger partial charge in [0, 0.05) is 19.6 Å². The van der Waals surface area contributed by atoms with Crippen LogP contribution in [0.1, 0.15) is 65.2 Å². The zero-order chi connectivity index (χ0) is 21.2. The Hall–Kier alpha value is -1.66. The first-order valence-corrected chi connectivity index (χ1v) is 11.4.